The molecule has 0 saturated heterocycles. The van der Waals surface area contributed by atoms with Crippen molar-refractivity contribution in [1.82, 2.24) is 0 Å². The molecule has 0 bridgehead atoms. The average Bonchev–Trinajstić information content (AvgIpc) is 2.38. The first kappa shape index (κ1) is 23.3. The van der Waals surface area contributed by atoms with E-state index in [9.17, 15) is 13.0 Å². The highest BCUT2D eigenvalue weighted by Gasteiger charge is 2.29. The SMILES string of the molecule is CC(C)OP(=O)(COO[C@@H](CN=[N+]=[N-])COS(C)(=O)=O)OC(C)C. The predicted molar refractivity (Wildman–Crippen MR) is 85.7 cm³/mol. The molecule has 0 amide bonds. The van der Waals surface area contributed by atoms with Gasteiger partial charge in [-0.1, -0.05) is 5.11 Å². The van der Waals surface area contributed by atoms with Crippen LogP contribution < -0.4 is 0 Å². The molecule has 0 aliphatic heterocycles. The summed E-state index contributed by atoms with van der Waals surface area (Å²) in [6.07, 6.45) is -1.41. The Labute approximate surface area is 141 Å². The molecule has 0 unspecified atom stereocenters. The summed E-state index contributed by atoms with van der Waals surface area (Å²) < 4.78 is 49.5. The van der Waals surface area contributed by atoms with Crippen molar-refractivity contribution in [3.63, 3.8) is 0 Å². The van der Waals surface area contributed by atoms with E-state index >= 15 is 0 Å². The van der Waals surface area contributed by atoms with E-state index in [-0.39, 0.29) is 18.8 Å². The highest BCUT2D eigenvalue weighted by atomic mass is 32.2. The van der Waals surface area contributed by atoms with Gasteiger partial charge >= 0.3 is 7.60 Å². The quantitative estimate of drug-likeness (QED) is 0.0888. The number of rotatable bonds is 13. The lowest BCUT2D eigenvalue weighted by Crippen LogP contribution is -2.25. The minimum absolute atomic E-state index is 0.244. The molecule has 0 rings (SSSR count). The van der Waals surface area contributed by atoms with E-state index in [2.05, 4.69) is 14.2 Å². The summed E-state index contributed by atoms with van der Waals surface area (Å²) >= 11 is 0. The minimum Gasteiger partial charge on any atom is -0.304 e. The summed E-state index contributed by atoms with van der Waals surface area (Å²) in [6, 6.07) is 0. The van der Waals surface area contributed by atoms with E-state index in [1.165, 1.54) is 0 Å². The van der Waals surface area contributed by atoms with Gasteiger partial charge in [0.05, 0.1) is 31.6 Å². The summed E-state index contributed by atoms with van der Waals surface area (Å²) in [5, 5.41) is 3.25. The van der Waals surface area contributed by atoms with Crippen molar-refractivity contribution >= 4 is 17.7 Å². The third kappa shape index (κ3) is 12.7. The molecule has 24 heavy (non-hydrogen) atoms. The fraction of sp³-hybridized carbons (Fsp3) is 1.00. The zero-order chi connectivity index (χ0) is 18.8. The smallest absolute Gasteiger partial charge is 0.304 e. The second kappa shape index (κ2) is 11.0. The molecular weight excluding hydrogens is 365 g/mol. The fourth-order valence-corrected chi connectivity index (χ4v) is 3.40. The van der Waals surface area contributed by atoms with Gasteiger partial charge in [-0.05, 0) is 33.2 Å². The first-order chi connectivity index (χ1) is 11.0. The molecule has 0 heterocycles. The third-order valence-electron chi connectivity index (χ3n) is 1.97. The lowest BCUT2D eigenvalue weighted by atomic mass is 10.4. The second-order valence-corrected chi connectivity index (χ2v) is 8.83. The van der Waals surface area contributed by atoms with Gasteiger partial charge < -0.3 is 9.05 Å². The lowest BCUT2D eigenvalue weighted by Gasteiger charge is -2.23. The molecule has 0 aromatic carbocycles. The van der Waals surface area contributed by atoms with Crippen LogP contribution in [0.4, 0.5) is 0 Å². The molecule has 0 fully saturated rings. The van der Waals surface area contributed by atoms with Gasteiger partial charge in [0, 0.05) is 4.91 Å². The molecule has 1 atom stereocenters. The van der Waals surface area contributed by atoms with Gasteiger partial charge in [0.25, 0.3) is 10.1 Å². The number of hydrogen-bond acceptors (Lipinski definition) is 9. The van der Waals surface area contributed by atoms with Gasteiger partial charge in [0.1, 0.15) is 6.10 Å². The highest BCUT2D eigenvalue weighted by Crippen LogP contribution is 2.50. The first-order valence-electron chi connectivity index (χ1n) is 7.07. The van der Waals surface area contributed by atoms with Crippen LogP contribution in [0.25, 0.3) is 10.4 Å². The molecule has 0 aliphatic carbocycles. The standard InChI is InChI=1S/C11H24N3O8PS/c1-9(2)21-23(15,22-10(3)4)8-18-20-11(6-13-14-12)7-19-24(5,16)17/h9-11H,6-8H2,1-5H3/t11-/m0/s1. The summed E-state index contributed by atoms with van der Waals surface area (Å²) in [5.74, 6) is 0. The van der Waals surface area contributed by atoms with Crippen LogP contribution in [0, 0.1) is 0 Å². The Kier molecular flexibility index (Phi) is 10.7. The maximum absolute atomic E-state index is 12.5. The van der Waals surface area contributed by atoms with Crippen molar-refractivity contribution in [3.8, 4) is 0 Å². The molecule has 0 aliphatic rings. The van der Waals surface area contributed by atoms with Crippen molar-refractivity contribution in [1.29, 1.82) is 0 Å². The van der Waals surface area contributed by atoms with Gasteiger partial charge in [-0.15, -0.1) is 0 Å². The van der Waals surface area contributed by atoms with Crippen molar-refractivity contribution in [3.05, 3.63) is 10.4 Å². The Morgan fingerprint density at radius 2 is 1.71 bits per heavy atom. The van der Waals surface area contributed by atoms with E-state index < -0.39 is 36.8 Å². The summed E-state index contributed by atoms with van der Waals surface area (Å²) in [7, 11) is -7.28. The second-order valence-electron chi connectivity index (χ2n) is 5.29. The van der Waals surface area contributed by atoms with Gasteiger partial charge in [0.2, 0.25) is 0 Å². The molecule has 142 valence electrons. The Morgan fingerprint density at radius 3 is 2.12 bits per heavy atom. The lowest BCUT2D eigenvalue weighted by molar-refractivity contribution is -0.315. The van der Waals surface area contributed by atoms with Crippen LogP contribution in [-0.2, 0) is 37.7 Å². The van der Waals surface area contributed by atoms with E-state index in [1.54, 1.807) is 27.7 Å². The zero-order valence-electron chi connectivity index (χ0n) is 14.3. The Balaban J connectivity index is 4.68. The molecule has 0 saturated carbocycles. The fourth-order valence-electron chi connectivity index (χ4n) is 1.36. The largest absolute Gasteiger partial charge is 0.359 e. The van der Waals surface area contributed by atoms with Crippen LogP contribution in [-0.4, -0.2) is 52.5 Å². The van der Waals surface area contributed by atoms with Crippen molar-refractivity contribution in [2.75, 3.05) is 25.8 Å². The number of azide groups is 1. The van der Waals surface area contributed by atoms with Crippen LogP contribution >= 0.6 is 7.60 Å². The van der Waals surface area contributed by atoms with Gasteiger partial charge in [-0.3, -0.25) is 8.75 Å². The molecule has 0 N–H and O–H groups in total. The van der Waals surface area contributed by atoms with Crippen LogP contribution in [0.2, 0.25) is 0 Å². The topological polar surface area (TPSA) is 146 Å². The Hall–Kier alpha value is -0.710. The van der Waals surface area contributed by atoms with E-state index in [0.29, 0.717) is 0 Å². The van der Waals surface area contributed by atoms with E-state index in [1.807, 2.05) is 0 Å². The average molecular weight is 389 g/mol. The summed E-state index contributed by atoms with van der Waals surface area (Å²) in [5.41, 5.74) is 8.31. The number of nitrogens with zero attached hydrogens (tertiary/aromatic N) is 3. The normalized spacial score (nSPS) is 14.0. The summed E-state index contributed by atoms with van der Waals surface area (Å²) in [4.78, 5) is 12.3. The summed E-state index contributed by atoms with van der Waals surface area (Å²) in [6.45, 7) is 6.05. The molecule has 13 heteroatoms. The van der Waals surface area contributed by atoms with E-state index in [0.717, 1.165) is 6.26 Å². The van der Waals surface area contributed by atoms with Gasteiger partial charge in [0.15, 0.2) is 6.35 Å². The molecule has 0 radical (unpaired) electrons. The molecular formula is C11H24N3O8PS. The monoisotopic (exact) mass is 389 g/mol. The van der Waals surface area contributed by atoms with Crippen molar-refractivity contribution in [2.45, 2.75) is 46.0 Å². The predicted octanol–water partition coefficient (Wildman–Crippen LogP) is 2.59. The minimum atomic E-state index is -3.70. The van der Waals surface area contributed by atoms with Crippen molar-refractivity contribution < 1.29 is 36.0 Å². The molecule has 0 spiro atoms. The molecule has 11 nitrogen and oxygen atoms in total. The van der Waals surface area contributed by atoms with Crippen LogP contribution in [0.5, 0.6) is 0 Å². The Bertz CT molecular complexity index is 548. The Morgan fingerprint density at radius 1 is 1.17 bits per heavy atom. The zero-order valence-corrected chi connectivity index (χ0v) is 16.0. The van der Waals surface area contributed by atoms with Gasteiger partial charge in [-0.25, -0.2) is 9.78 Å². The maximum atomic E-state index is 12.5. The van der Waals surface area contributed by atoms with Crippen LogP contribution in [0.1, 0.15) is 27.7 Å². The first-order valence-corrected chi connectivity index (χ1v) is 10.6. The number of hydrogen-bond donors (Lipinski definition) is 0. The van der Waals surface area contributed by atoms with Crippen LogP contribution in [0.15, 0.2) is 5.11 Å². The maximum Gasteiger partial charge on any atom is 0.359 e. The van der Waals surface area contributed by atoms with Crippen LogP contribution in [0.3, 0.4) is 0 Å². The molecule has 0 aromatic rings. The van der Waals surface area contributed by atoms with Gasteiger partial charge in [-0.2, -0.15) is 8.42 Å². The third-order valence-corrected chi connectivity index (χ3v) is 4.45. The van der Waals surface area contributed by atoms with Crippen molar-refractivity contribution in [2.24, 2.45) is 5.11 Å². The molecule has 0 aromatic heterocycles. The highest BCUT2D eigenvalue weighted by molar-refractivity contribution is 7.85. The van der Waals surface area contributed by atoms with E-state index in [4.69, 9.17) is 24.4 Å².